The highest BCUT2D eigenvalue weighted by atomic mass is 16.6. The number of hydrogen-bond acceptors (Lipinski definition) is 6. The number of hydrogen-bond donors (Lipinski definition) is 0. The lowest BCUT2D eigenvalue weighted by molar-refractivity contribution is -0.167. The fraction of sp³-hybridized carbons (Fsp3) is 0.644. The van der Waals surface area contributed by atoms with Gasteiger partial charge >= 0.3 is 17.9 Å². The molecule has 0 aliphatic carbocycles. The monoisotopic (exact) mass is 901 g/mol. The van der Waals surface area contributed by atoms with Gasteiger partial charge in [0.15, 0.2) is 6.10 Å². The zero-order chi connectivity index (χ0) is 47.2. The molecular weight excluding hydrogens is 805 g/mol. The number of esters is 3. The Kier molecular flexibility index (Phi) is 49.5. The van der Waals surface area contributed by atoms with Crippen molar-refractivity contribution >= 4 is 17.9 Å². The molecule has 0 saturated carbocycles. The van der Waals surface area contributed by atoms with Gasteiger partial charge < -0.3 is 14.2 Å². The number of allylic oxidation sites excluding steroid dienone is 18. The molecule has 0 heterocycles. The van der Waals surface area contributed by atoms with Gasteiger partial charge in [-0.25, -0.2) is 0 Å². The van der Waals surface area contributed by atoms with Gasteiger partial charge in [0.05, 0.1) is 0 Å². The van der Waals surface area contributed by atoms with Crippen molar-refractivity contribution in [1.82, 2.24) is 0 Å². The van der Waals surface area contributed by atoms with Gasteiger partial charge in [0.1, 0.15) is 13.2 Å². The van der Waals surface area contributed by atoms with Crippen LogP contribution in [-0.4, -0.2) is 37.2 Å². The topological polar surface area (TPSA) is 78.9 Å². The molecule has 0 aliphatic heterocycles. The zero-order valence-electron chi connectivity index (χ0n) is 42.0. The largest absolute Gasteiger partial charge is 0.462 e. The average molecular weight is 901 g/mol. The lowest BCUT2D eigenvalue weighted by Gasteiger charge is -2.18. The summed E-state index contributed by atoms with van der Waals surface area (Å²) in [5, 5.41) is 0. The molecule has 0 aromatic carbocycles. The molecule has 0 saturated heterocycles. The standard InChI is InChI=1S/C59H96O6/c1-4-7-10-13-16-18-19-20-21-22-23-24-25-26-27-28-29-30-31-32-33-34-35-36-37-38-39-41-43-46-49-52-58(61)64-55-56(54-63-57(60)51-48-45-42-15-12-9-6-3)65-59(62)53-50-47-44-40-17-14-11-8-5-2/h7,10,16,18,20-21,23-24,26-27,29-30,32-33,35-36,38-39,56H,4-6,8-9,11-15,17,19,22,25,28,31,34,37,40-55H2,1-3H3/b10-7-,18-16-,21-20-,24-23-,27-26-,30-29-,33-32-,36-35-,39-38-. The van der Waals surface area contributed by atoms with Crippen LogP contribution in [0.4, 0.5) is 0 Å². The molecule has 0 radical (unpaired) electrons. The maximum absolute atomic E-state index is 12.7. The predicted molar refractivity (Wildman–Crippen MR) is 279 cm³/mol. The summed E-state index contributed by atoms with van der Waals surface area (Å²) in [6.45, 7) is 6.41. The second-order valence-corrected chi connectivity index (χ2v) is 17.1. The molecule has 0 aromatic rings. The molecule has 0 aliphatic rings. The average Bonchev–Trinajstić information content (AvgIpc) is 3.30. The van der Waals surface area contributed by atoms with Gasteiger partial charge in [-0.3, -0.25) is 14.4 Å². The first kappa shape index (κ1) is 61.1. The van der Waals surface area contributed by atoms with E-state index in [9.17, 15) is 14.4 Å². The molecule has 0 bridgehead atoms. The fourth-order valence-corrected chi connectivity index (χ4v) is 6.84. The first-order chi connectivity index (χ1) is 32.0. The molecule has 0 fully saturated rings. The van der Waals surface area contributed by atoms with E-state index in [0.717, 1.165) is 122 Å². The van der Waals surface area contributed by atoms with E-state index in [4.69, 9.17) is 14.2 Å². The van der Waals surface area contributed by atoms with Crippen molar-refractivity contribution < 1.29 is 28.6 Å². The van der Waals surface area contributed by atoms with E-state index in [1.807, 2.05) is 0 Å². The van der Waals surface area contributed by atoms with Crippen molar-refractivity contribution in [3.63, 3.8) is 0 Å². The minimum absolute atomic E-state index is 0.0879. The van der Waals surface area contributed by atoms with E-state index in [0.29, 0.717) is 19.3 Å². The van der Waals surface area contributed by atoms with Crippen molar-refractivity contribution in [1.29, 1.82) is 0 Å². The van der Waals surface area contributed by atoms with Crippen molar-refractivity contribution in [2.45, 2.75) is 232 Å². The molecule has 0 N–H and O–H groups in total. The van der Waals surface area contributed by atoms with E-state index in [1.54, 1.807) is 0 Å². The Labute approximate surface area is 400 Å². The van der Waals surface area contributed by atoms with Crippen LogP contribution in [-0.2, 0) is 28.6 Å². The van der Waals surface area contributed by atoms with Crippen LogP contribution in [0.2, 0.25) is 0 Å². The van der Waals surface area contributed by atoms with Crippen LogP contribution in [0.3, 0.4) is 0 Å². The first-order valence-corrected chi connectivity index (χ1v) is 26.4. The second-order valence-electron chi connectivity index (χ2n) is 17.1. The van der Waals surface area contributed by atoms with Gasteiger partial charge in [-0.2, -0.15) is 0 Å². The lowest BCUT2D eigenvalue weighted by Crippen LogP contribution is -2.30. The van der Waals surface area contributed by atoms with Crippen LogP contribution in [0.1, 0.15) is 226 Å². The smallest absolute Gasteiger partial charge is 0.306 e. The number of ether oxygens (including phenoxy) is 3. The Hall–Kier alpha value is -3.93. The van der Waals surface area contributed by atoms with Gasteiger partial charge in [-0.05, 0) is 89.9 Å². The number of carbonyl (C=O) groups is 3. The Morgan fingerprint density at radius 3 is 0.938 bits per heavy atom. The second kappa shape index (κ2) is 52.7. The Balaban J connectivity index is 4.18. The van der Waals surface area contributed by atoms with E-state index >= 15 is 0 Å². The van der Waals surface area contributed by atoms with Crippen LogP contribution in [0.15, 0.2) is 109 Å². The molecule has 368 valence electrons. The molecule has 0 spiro atoms. The molecule has 1 unspecified atom stereocenters. The predicted octanol–water partition coefficient (Wildman–Crippen LogP) is 17.5. The number of carbonyl (C=O) groups excluding carboxylic acids is 3. The molecule has 0 aromatic heterocycles. The number of rotatable bonds is 46. The van der Waals surface area contributed by atoms with Crippen LogP contribution < -0.4 is 0 Å². The minimum Gasteiger partial charge on any atom is -0.462 e. The van der Waals surface area contributed by atoms with Crippen LogP contribution in [0, 0.1) is 0 Å². The molecule has 6 nitrogen and oxygen atoms in total. The van der Waals surface area contributed by atoms with Crippen molar-refractivity contribution in [3.8, 4) is 0 Å². The molecule has 0 rings (SSSR count). The third-order valence-corrected chi connectivity index (χ3v) is 10.8. The molecule has 1 atom stereocenters. The summed E-state index contributed by atoms with van der Waals surface area (Å²) in [4.78, 5) is 37.6. The molecule has 65 heavy (non-hydrogen) atoms. The fourth-order valence-electron chi connectivity index (χ4n) is 6.84. The van der Waals surface area contributed by atoms with Gasteiger partial charge in [-0.1, -0.05) is 226 Å². The van der Waals surface area contributed by atoms with E-state index in [-0.39, 0.29) is 31.1 Å². The van der Waals surface area contributed by atoms with Gasteiger partial charge in [0.25, 0.3) is 0 Å². The van der Waals surface area contributed by atoms with E-state index < -0.39 is 6.10 Å². The van der Waals surface area contributed by atoms with Crippen molar-refractivity contribution in [3.05, 3.63) is 109 Å². The molecule has 6 heteroatoms. The molecular formula is C59H96O6. The summed E-state index contributed by atoms with van der Waals surface area (Å²) in [6.07, 6.45) is 71.1. The summed E-state index contributed by atoms with van der Waals surface area (Å²) in [6, 6.07) is 0. The number of unbranched alkanes of at least 4 members (excludes halogenated alkanes) is 17. The third-order valence-electron chi connectivity index (χ3n) is 10.8. The van der Waals surface area contributed by atoms with Crippen LogP contribution in [0.25, 0.3) is 0 Å². The summed E-state index contributed by atoms with van der Waals surface area (Å²) >= 11 is 0. The summed E-state index contributed by atoms with van der Waals surface area (Å²) in [5.41, 5.74) is 0. The SMILES string of the molecule is CC/C=C\C/C=C\C/C=C\C/C=C\C/C=C\C/C=C\C/C=C\C/C=C\C/C=C\CCCCCC(=O)OCC(COC(=O)CCCCCCCCC)OC(=O)CCCCCCCCCCC. The van der Waals surface area contributed by atoms with Crippen LogP contribution >= 0.6 is 0 Å². The summed E-state index contributed by atoms with van der Waals surface area (Å²) in [5.74, 6) is -0.938. The van der Waals surface area contributed by atoms with Crippen molar-refractivity contribution in [2.75, 3.05) is 13.2 Å². The Morgan fingerprint density at radius 1 is 0.323 bits per heavy atom. The molecule has 0 amide bonds. The highest BCUT2D eigenvalue weighted by Crippen LogP contribution is 2.13. The van der Waals surface area contributed by atoms with Gasteiger partial charge in [0, 0.05) is 19.3 Å². The van der Waals surface area contributed by atoms with Gasteiger partial charge in [-0.15, -0.1) is 0 Å². The summed E-state index contributed by atoms with van der Waals surface area (Å²) < 4.78 is 16.6. The normalized spacial score (nSPS) is 13.0. The van der Waals surface area contributed by atoms with Gasteiger partial charge in [0.2, 0.25) is 0 Å². The minimum atomic E-state index is -0.786. The van der Waals surface area contributed by atoms with E-state index in [1.165, 1.54) is 64.2 Å². The third kappa shape index (κ3) is 50.9. The first-order valence-electron chi connectivity index (χ1n) is 26.4. The highest BCUT2D eigenvalue weighted by Gasteiger charge is 2.19. The summed E-state index contributed by atoms with van der Waals surface area (Å²) in [7, 11) is 0. The Bertz CT molecular complexity index is 1360. The maximum Gasteiger partial charge on any atom is 0.306 e. The lowest BCUT2D eigenvalue weighted by atomic mass is 10.1. The van der Waals surface area contributed by atoms with Crippen molar-refractivity contribution in [2.24, 2.45) is 0 Å². The Morgan fingerprint density at radius 2 is 0.600 bits per heavy atom. The zero-order valence-corrected chi connectivity index (χ0v) is 42.0. The van der Waals surface area contributed by atoms with Crippen LogP contribution in [0.5, 0.6) is 0 Å². The van der Waals surface area contributed by atoms with E-state index in [2.05, 4.69) is 130 Å². The highest BCUT2D eigenvalue weighted by molar-refractivity contribution is 5.71. The quantitative estimate of drug-likeness (QED) is 0.0262. The maximum atomic E-state index is 12.7.